The molecule has 0 unspecified atom stereocenters. The van der Waals surface area contributed by atoms with Gasteiger partial charge in [-0.05, 0) is 42.7 Å². The molecule has 2 aromatic heterocycles. The van der Waals surface area contributed by atoms with Gasteiger partial charge >= 0.3 is 0 Å². The summed E-state index contributed by atoms with van der Waals surface area (Å²) >= 11 is 0. The molecule has 3 aromatic rings. The van der Waals surface area contributed by atoms with Crippen LogP contribution in [0.2, 0.25) is 0 Å². The van der Waals surface area contributed by atoms with E-state index in [9.17, 15) is 23.1 Å². The third-order valence-corrected chi connectivity index (χ3v) is 7.69. The van der Waals surface area contributed by atoms with E-state index in [-0.39, 0.29) is 43.3 Å². The van der Waals surface area contributed by atoms with Gasteiger partial charge in [0.15, 0.2) is 0 Å². The van der Waals surface area contributed by atoms with E-state index < -0.39 is 26.2 Å². The topological polar surface area (TPSA) is 177 Å². The molecule has 4 N–H and O–H groups in total. The number of sulfonamides is 1. The Hall–Kier alpha value is -3.79. The second-order valence-electron chi connectivity index (χ2n) is 8.30. The van der Waals surface area contributed by atoms with Crippen LogP contribution in [0.5, 0.6) is 5.88 Å². The Morgan fingerprint density at radius 3 is 2.60 bits per heavy atom. The fourth-order valence-corrected chi connectivity index (χ4v) is 4.60. The summed E-state index contributed by atoms with van der Waals surface area (Å²) in [5.41, 5.74) is 0.678. The van der Waals surface area contributed by atoms with E-state index in [1.807, 2.05) is 6.07 Å². The van der Waals surface area contributed by atoms with E-state index in [1.165, 1.54) is 16.8 Å². The maximum Gasteiger partial charge on any atom is 0.264 e. The van der Waals surface area contributed by atoms with Gasteiger partial charge in [0.25, 0.3) is 11.5 Å². The van der Waals surface area contributed by atoms with Crippen LogP contribution >= 0.6 is 0 Å². The number of carbonyl (C=O) groups is 1. The smallest absolute Gasteiger partial charge is 0.264 e. The molecule has 0 radical (unpaired) electrons. The van der Waals surface area contributed by atoms with Crippen LogP contribution in [0.3, 0.4) is 0 Å². The fraction of sp³-hybridized carbons (Fsp3) is 0.304. The number of pyridine rings is 2. The summed E-state index contributed by atoms with van der Waals surface area (Å²) in [6.07, 6.45) is 2.15. The maximum absolute atomic E-state index is 13.2. The molecule has 1 aliphatic carbocycles. The van der Waals surface area contributed by atoms with Crippen LogP contribution in [-0.2, 0) is 23.1 Å². The molecule has 0 saturated heterocycles. The molecule has 1 aromatic carbocycles. The number of primary sulfonamides is 1. The molecule has 182 valence electrons. The number of hydrogen-bond acceptors (Lipinski definition) is 8. The first-order chi connectivity index (χ1) is 16.7. The SMILES string of the molecule is N#Cc1ccc(CNC(=O)c2cc3ccnc(OCC4(S(N)(=O)=O)CC4)c3n(CCO)c2=O)cc1. The van der Waals surface area contributed by atoms with Gasteiger partial charge in [0, 0.05) is 24.7 Å². The van der Waals surface area contributed by atoms with Crippen LogP contribution in [0.15, 0.2) is 47.4 Å². The summed E-state index contributed by atoms with van der Waals surface area (Å²) in [5.74, 6) is -0.606. The lowest BCUT2D eigenvalue weighted by molar-refractivity contribution is 0.0948. The van der Waals surface area contributed by atoms with E-state index >= 15 is 0 Å². The zero-order chi connectivity index (χ0) is 25.2. The summed E-state index contributed by atoms with van der Waals surface area (Å²) in [4.78, 5) is 30.2. The molecule has 0 bridgehead atoms. The van der Waals surface area contributed by atoms with Crippen molar-refractivity contribution in [3.63, 3.8) is 0 Å². The van der Waals surface area contributed by atoms with Crippen LogP contribution in [-0.4, -0.2) is 46.9 Å². The van der Waals surface area contributed by atoms with Crippen molar-refractivity contribution < 1.29 is 23.1 Å². The first kappa shape index (κ1) is 24.3. The molecule has 11 nitrogen and oxygen atoms in total. The number of aliphatic hydroxyl groups excluding tert-OH is 1. The molecule has 1 fully saturated rings. The quantitative estimate of drug-likeness (QED) is 0.380. The summed E-state index contributed by atoms with van der Waals surface area (Å²) in [6.45, 7) is -0.601. The minimum atomic E-state index is -3.82. The highest BCUT2D eigenvalue weighted by Gasteiger charge is 2.54. The van der Waals surface area contributed by atoms with Crippen LogP contribution in [0.4, 0.5) is 0 Å². The van der Waals surface area contributed by atoms with Gasteiger partial charge in [0.1, 0.15) is 22.4 Å². The number of fused-ring (bicyclic) bond motifs is 1. The molecule has 4 rings (SSSR count). The van der Waals surface area contributed by atoms with Gasteiger partial charge in [0.05, 0.1) is 18.2 Å². The first-order valence-electron chi connectivity index (χ1n) is 10.7. The summed E-state index contributed by atoms with van der Waals surface area (Å²) in [6, 6.07) is 11.7. The van der Waals surface area contributed by atoms with Gasteiger partial charge in [-0.15, -0.1) is 0 Å². The molecule has 2 heterocycles. The number of nitrogens with zero attached hydrogens (tertiary/aromatic N) is 3. The molecule has 12 heteroatoms. The van der Waals surface area contributed by atoms with E-state index in [0.717, 1.165) is 5.56 Å². The highest BCUT2D eigenvalue weighted by atomic mass is 32.2. The third kappa shape index (κ3) is 4.88. The van der Waals surface area contributed by atoms with Crippen molar-refractivity contribution in [2.45, 2.75) is 30.7 Å². The number of nitrogens with two attached hydrogens (primary N) is 1. The lowest BCUT2D eigenvalue weighted by Gasteiger charge is -2.17. The van der Waals surface area contributed by atoms with Gasteiger partial charge in [-0.1, -0.05) is 12.1 Å². The number of aliphatic hydroxyl groups is 1. The van der Waals surface area contributed by atoms with Crippen LogP contribution in [0.25, 0.3) is 10.9 Å². The predicted octanol–water partition coefficient (Wildman–Crippen LogP) is 0.390. The Bertz CT molecular complexity index is 1490. The normalized spacial score (nSPS) is 14.3. The van der Waals surface area contributed by atoms with Crippen LogP contribution < -0.4 is 20.8 Å². The van der Waals surface area contributed by atoms with Crippen molar-refractivity contribution >= 4 is 26.8 Å². The number of aromatic nitrogens is 2. The van der Waals surface area contributed by atoms with Crippen LogP contribution in [0, 0.1) is 11.3 Å². The molecular weight excluding hydrogens is 474 g/mol. The van der Waals surface area contributed by atoms with Crippen molar-refractivity contribution in [1.82, 2.24) is 14.9 Å². The van der Waals surface area contributed by atoms with E-state index in [1.54, 1.807) is 30.3 Å². The number of rotatable bonds is 9. The average molecular weight is 498 g/mol. The van der Waals surface area contributed by atoms with Crippen molar-refractivity contribution in [2.24, 2.45) is 5.14 Å². The highest BCUT2D eigenvalue weighted by molar-refractivity contribution is 7.90. The van der Waals surface area contributed by atoms with Gasteiger partial charge < -0.3 is 19.7 Å². The summed E-state index contributed by atoms with van der Waals surface area (Å²) in [7, 11) is -3.82. The fourth-order valence-electron chi connectivity index (χ4n) is 3.71. The largest absolute Gasteiger partial charge is 0.474 e. The standard InChI is InChI=1S/C23H23N5O6S/c24-12-15-1-3-16(4-2-15)13-27-20(30)18-11-17-5-8-26-21(19(17)28(9-10-29)22(18)31)34-14-23(6-7-23)35(25,32)33/h1-5,8,11,29H,6-7,9-10,13-14H2,(H,27,30)(H2,25,32,33). The molecule has 1 amide bonds. The molecule has 1 saturated carbocycles. The lowest BCUT2D eigenvalue weighted by Crippen LogP contribution is -2.36. The Morgan fingerprint density at radius 1 is 1.29 bits per heavy atom. The zero-order valence-corrected chi connectivity index (χ0v) is 19.4. The van der Waals surface area contributed by atoms with Gasteiger partial charge in [-0.25, -0.2) is 18.5 Å². The second kappa shape index (κ2) is 9.46. The van der Waals surface area contributed by atoms with Crippen molar-refractivity contribution in [3.8, 4) is 11.9 Å². The number of hydrogen-bond donors (Lipinski definition) is 3. The third-order valence-electron chi connectivity index (χ3n) is 5.95. The van der Waals surface area contributed by atoms with Gasteiger partial charge in [-0.3, -0.25) is 9.59 Å². The Balaban J connectivity index is 1.64. The Morgan fingerprint density at radius 2 is 2.00 bits per heavy atom. The number of nitriles is 1. The molecule has 35 heavy (non-hydrogen) atoms. The van der Waals surface area contributed by atoms with Gasteiger partial charge in [-0.2, -0.15) is 5.26 Å². The molecule has 0 atom stereocenters. The average Bonchev–Trinajstić information content (AvgIpc) is 3.64. The number of nitrogens with one attached hydrogen (secondary N) is 1. The monoisotopic (exact) mass is 497 g/mol. The van der Waals surface area contributed by atoms with Crippen molar-refractivity contribution in [1.29, 1.82) is 5.26 Å². The first-order valence-corrected chi connectivity index (χ1v) is 12.3. The number of amides is 1. The number of benzene rings is 1. The van der Waals surface area contributed by atoms with Crippen LogP contribution in [0.1, 0.15) is 34.3 Å². The maximum atomic E-state index is 13.2. The summed E-state index contributed by atoms with van der Waals surface area (Å²) in [5, 5.41) is 26.9. The Kier molecular flexibility index (Phi) is 6.58. The number of ether oxygens (including phenoxy) is 1. The zero-order valence-electron chi connectivity index (χ0n) is 18.6. The van der Waals surface area contributed by atoms with E-state index in [4.69, 9.17) is 15.1 Å². The van der Waals surface area contributed by atoms with E-state index in [0.29, 0.717) is 23.8 Å². The van der Waals surface area contributed by atoms with E-state index in [2.05, 4.69) is 10.3 Å². The molecule has 0 aliphatic heterocycles. The second-order valence-corrected chi connectivity index (χ2v) is 10.3. The highest BCUT2D eigenvalue weighted by Crippen LogP contribution is 2.42. The molecule has 0 spiro atoms. The lowest BCUT2D eigenvalue weighted by atomic mass is 10.1. The minimum Gasteiger partial charge on any atom is -0.474 e. The Labute approximate surface area is 200 Å². The molecule has 1 aliphatic rings. The minimum absolute atomic E-state index is 0.00696. The van der Waals surface area contributed by atoms with Gasteiger partial charge in [0.2, 0.25) is 15.9 Å². The van der Waals surface area contributed by atoms with Crippen molar-refractivity contribution in [3.05, 3.63) is 69.6 Å². The summed E-state index contributed by atoms with van der Waals surface area (Å²) < 4.78 is 29.5. The predicted molar refractivity (Wildman–Crippen MR) is 126 cm³/mol. The number of carbonyl (C=O) groups excluding carboxylic acids is 1. The van der Waals surface area contributed by atoms with Crippen molar-refractivity contribution in [2.75, 3.05) is 13.2 Å². The molecular formula is C23H23N5O6S.